The Hall–Kier alpha value is -1.30. The van der Waals surface area contributed by atoms with Gasteiger partial charge in [0.15, 0.2) is 6.04 Å². The van der Waals surface area contributed by atoms with Gasteiger partial charge in [0, 0.05) is 0 Å². The van der Waals surface area contributed by atoms with Gasteiger partial charge in [-0.25, -0.2) is 9.59 Å². The van der Waals surface area contributed by atoms with Crippen molar-refractivity contribution in [1.29, 1.82) is 0 Å². The number of alkyl carbamates (subject to hydrolysis) is 1. The molecule has 1 aliphatic rings. The van der Waals surface area contributed by atoms with Crippen LogP contribution < -0.4 is 5.32 Å². The second-order valence-electron chi connectivity index (χ2n) is 6.08. The van der Waals surface area contributed by atoms with Gasteiger partial charge in [-0.3, -0.25) is 0 Å². The molecule has 0 saturated heterocycles. The predicted octanol–water partition coefficient (Wildman–Crippen LogP) is 1.75. The maximum absolute atomic E-state index is 11.9. The van der Waals surface area contributed by atoms with Crippen molar-refractivity contribution in [1.82, 2.24) is 5.32 Å². The van der Waals surface area contributed by atoms with Crippen LogP contribution in [0.15, 0.2) is 0 Å². The number of hydrogen-bond acceptors (Lipinski definition) is 5. The maximum Gasteiger partial charge on any atom is 0.408 e. The van der Waals surface area contributed by atoms with Crippen LogP contribution >= 0.6 is 0 Å². The van der Waals surface area contributed by atoms with Gasteiger partial charge in [-0.15, -0.1) is 0 Å². The zero-order valence-corrected chi connectivity index (χ0v) is 12.5. The van der Waals surface area contributed by atoms with E-state index in [4.69, 9.17) is 9.47 Å². The Morgan fingerprint density at radius 2 is 1.85 bits per heavy atom. The summed E-state index contributed by atoms with van der Waals surface area (Å²) < 4.78 is 10.3. The van der Waals surface area contributed by atoms with Gasteiger partial charge in [0.2, 0.25) is 0 Å². The van der Waals surface area contributed by atoms with E-state index in [-0.39, 0.29) is 6.10 Å². The van der Waals surface area contributed by atoms with Crippen LogP contribution in [0.4, 0.5) is 4.79 Å². The van der Waals surface area contributed by atoms with E-state index in [2.05, 4.69) is 5.32 Å². The molecule has 0 aromatic heterocycles. The number of hydrogen-bond donors (Lipinski definition) is 2. The first-order valence-corrected chi connectivity index (χ1v) is 7.12. The monoisotopic (exact) mass is 287 g/mol. The van der Waals surface area contributed by atoms with Crippen molar-refractivity contribution in [2.45, 2.75) is 70.6 Å². The van der Waals surface area contributed by atoms with Crippen molar-refractivity contribution in [2.24, 2.45) is 0 Å². The Morgan fingerprint density at radius 1 is 1.25 bits per heavy atom. The first-order chi connectivity index (χ1) is 9.31. The highest BCUT2D eigenvalue weighted by molar-refractivity contribution is 5.81. The van der Waals surface area contributed by atoms with Crippen molar-refractivity contribution < 1.29 is 24.2 Å². The molecule has 0 aromatic rings. The van der Waals surface area contributed by atoms with Crippen molar-refractivity contribution in [3.05, 3.63) is 0 Å². The van der Waals surface area contributed by atoms with E-state index in [0.717, 1.165) is 32.1 Å². The molecule has 20 heavy (non-hydrogen) atoms. The highest BCUT2D eigenvalue weighted by Gasteiger charge is 2.27. The van der Waals surface area contributed by atoms with Gasteiger partial charge in [-0.1, -0.05) is 6.42 Å². The highest BCUT2D eigenvalue weighted by Crippen LogP contribution is 2.20. The SMILES string of the molecule is CC(C)(C)OC(=O)N[C@@H](CO)C(=O)OC1CCCCC1. The number of carbonyl (C=O) groups is 2. The number of esters is 1. The highest BCUT2D eigenvalue weighted by atomic mass is 16.6. The molecule has 0 bridgehead atoms. The number of aliphatic hydroxyl groups is 1. The van der Waals surface area contributed by atoms with Gasteiger partial charge >= 0.3 is 12.1 Å². The molecule has 0 unspecified atom stereocenters. The van der Waals surface area contributed by atoms with Gasteiger partial charge in [0.25, 0.3) is 0 Å². The van der Waals surface area contributed by atoms with Gasteiger partial charge in [-0.2, -0.15) is 0 Å². The third kappa shape index (κ3) is 6.23. The molecular formula is C14H25NO5. The van der Waals surface area contributed by atoms with Crippen LogP contribution in [0.5, 0.6) is 0 Å². The number of rotatable bonds is 4. The Labute approximate surface area is 119 Å². The summed E-state index contributed by atoms with van der Waals surface area (Å²) >= 11 is 0. The predicted molar refractivity (Wildman–Crippen MR) is 73.2 cm³/mol. The lowest BCUT2D eigenvalue weighted by atomic mass is 9.98. The molecule has 0 spiro atoms. The molecule has 1 rings (SSSR count). The van der Waals surface area contributed by atoms with Gasteiger partial charge < -0.3 is 19.9 Å². The Balaban J connectivity index is 2.43. The molecule has 1 saturated carbocycles. The summed E-state index contributed by atoms with van der Waals surface area (Å²) in [6.07, 6.45) is 4.09. The molecule has 1 atom stereocenters. The zero-order chi connectivity index (χ0) is 15.2. The lowest BCUT2D eigenvalue weighted by Gasteiger charge is -2.25. The minimum atomic E-state index is -1.08. The van der Waals surface area contributed by atoms with E-state index < -0.39 is 30.3 Å². The van der Waals surface area contributed by atoms with E-state index in [9.17, 15) is 14.7 Å². The summed E-state index contributed by atoms with van der Waals surface area (Å²) in [5.41, 5.74) is -0.655. The summed E-state index contributed by atoms with van der Waals surface area (Å²) in [6, 6.07) is -1.08. The molecule has 0 aliphatic heterocycles. The van der Waals surface area contributed by atoms with Gasteiger partial charge in [-0.05, 0) is 46.5 Å². The number of aliphatic hydroxyl groups excluding tert-OH is 1. The van der Waals surface area contributed by atoms with E-state index in [1.54, 1.807) is 20.8 Å². The van der Waals surface area contributed by atoms with Crippen molar-refractivity contribution >= 4 is 12.1 Å². The fourth-order valence-electron chi connectivity index (χ4n) is 2.06. The molecule has 1 amide bonds. The quantitative estimate of drug-likeness (QED) is 0.769. The molecule has 0 heterocycles. The molecule has 6 heteroatoms. The van der Waals surface area contributed by atoms with Crippen LogP contribution in [0.2, 0.25) is 0 Å². The summed E-state index contributed by atoms with van der Waals surface area (Å²) in [6.45, 7) is 4.66. The molecule has 0 aromatic carbocycles. The molecule has 2 N–H and O–H groups in total. The number of ether oxygens (including phenoxy) is 2. The molecular weight excluding hydrogens is 262 g/mol. The van der Waals surface area contributed by atoms with Crippen LogP contribution in [0.25, 0.3) is 0 Å². The summed E-state index contributed by atoms with van der Waals surface area (Å²) in [4.78, 5) is 23.5. The zero-order valence-electron chi connectivity index (χ0n) is 12.5. The molecule has 0 radical (unpaired) electrons. The minimum absolute atomic E-state index is 0.106. The Morgan fingerprint density at radius 3 is 2.35 bits per heavy atom. The minimum Gasteiger partial charge on any atom is -0.461 e. The topological polar surface area (TPSA) is 84.9 Å². The lowest BCUT2D eigenvalue weighted by Crippen LogP contribution is -2.47. The van der Waals surface area contributed by atoms with Crippen LogP contribution in [0.1, 0.15) is 52.9 Å². The Bertz CT molecular complexity index is 331. The van der Waals surface area contributed by atoms with E-state index in [0.29, 0.717) is 0 Å². The van der Waals surface area contributed by atoms with Crippen molar-refractivity contribution in [3.63, 3.8) is 0 Å². The molecule has 1 fully saturated rings. The van der Waals surface area contributed by atoms with Crippen LogP contribution in [-0.4, -0.2) is 41.5 Å². The third-order valence-electron chi connectivity index (χ3n) is 2.99. The van der Waals surface area contributed by atoms with Crippen molar-refractivity contribution in [2.75, 3.05) is 6.61 Å². The lowest BCUT2D eigenvalue weighted by molar-refractivity contribution is -0.154. The Kier molecular flexibility index (Phi) is 6.26. The largest absolute Gasteiger partial charge is 0.461 e. The number of carbonyl (C=O) groups excluding carboxylic acids is 2. The van der Waals surface area contributed by atoms with Crippen molar-refractivity contribution in [3.8, 4) is 0 Å². The van der Waals surface area contributed by atoms with Gasteiger partial charge in [0.05, 0.1) is 6.61 Å². The summed E-state index contributed by atoms with van der Waals surface area (Å²) in [7, 11) is 0. The van der Waals surface area contributed by atoms with Crippen LogP contribution in [0, 0.1) is 0 Å². The smallest absolute Gasteiger partial charge is 0.408 e. The van der Waals surface area contributed by atoms with E-state index in [1.807, 2.05) is 0 Å². The first kappa shape index (κ1) is 16.8. The average Bonchev–Trinajstić information content (AvgIpc) is 2.35. The second kappa shape index (κ2) is 7.47. The number of amides is 1. The van der Waals surface area contributed by atoms with E-state index >= 15 is 0 Å². The van der Waals surface area contributed by atoms with Crippen LogP contribution in [0.3, 0.4) is 0 Å². The first-order valence-electron chi connectivity index (χ1n) is 7.12. The molecule has 1 aliphatic carbocycles. The number of nitrogens with one attached hydrogen (secondary N) is 1. The third-order valence-corrected chi connectivity index (χ3v) is 2.99. The maximum atomic E-state index is 11.9. The summed E-state index contributed by atoms with van der Waals surface area (Å²) in [5, 5.41) is 11.5. The second-order valence-corrected chi connectivity index (χ2v) is 6.08. The van der Waals surface area contributed by atoms with E-state index in [1.165, 1.54) is 0 Å². The molecule has 6 nitrogen and oxygen atoms in total. The fraction of sp³-hybridized carbons (Fsp3) is 0.857. The normalized spacial score (nSPS) is 18.2. The standard InChI is InChI=1S/C14H25NO5/c1-14(2,3)20-13(18)15-11(9-16)12(17)19-10-7-5-4-6-8-10/h10-11,16H,4-9H2,1-3H3,(H,15,18)/t11-/m0/s1. The molecule has 116 valence electrons. The average molecular weight is 287 g/mol. The van der Waals surface area contributed by atoms with Crippen LogP contribution in [-0.2, 0) is 14.3 Å². The summed E-state index contributed by atoms with van der Waals surface area (Å²) in [5.74, 6) is -0.606. The van der Waals surface area contributed by atoms with Gasteiger partial charge in [0.1, 0.15) is 11.7 Å². The fourth-order valence-corrected chi connectivity index (χ4v) is 2.06.